The van der Waals surface area contributed by atoms with Gasteiger partial charge in [0.25, 0.3) is 5.91 Å². The molecule has 0 aliphatic heterocycles. The number of pyridine rings is 1. The summed E-state index contributed by atoms with van der Waals surface area (Å²) in [6.07, 6.45) is 1.39. The van der Waals surface area contributed by atoms with Gasteiger partial charge in [0.15, 0.2) is 5.78 Å². The van der Waals surface area contributed by atoms with Gasteiger partial charge in [-0.3, -0.25) is 14.6 Å². The topological polar surface area (TPSA) is 59.1 Å². The average Bonchev–Trinajstić information content (AvgIpc) is 2.69. The normalized spacial score (nSPS) is 10.4. The van der Waals surface area contributed by atoms with E-state index in [1.807, 2.05) is 30.3 Å². The van der Waals surface area contributed by atoms with E-state index < -0.39 is 5.82 Å². The number of Topliss-reactive ketones (excluding diaryl/α,β-unsaturated/α-hetero) is 1. The number of amides is 1. The second-order valence-corrected chi connectivity index (χ2v) is 6.34. The van der Waals surface area contributed by atoms with Gasteiger partial charge in [-0.2, -0.15) is 0 Å². The van der Waals surface area contributed by atoms with Gasteiger partial charge in [0.05, 0.1) is 11.4 Å². The number of benzene rings is 2. The minimum absolute atomic E-state index is 0.0804. The van der Waals surface area contributed by atoms with Crippen LogP contribution in [0.15, 0.2) is 66.9 Å². The number of rotatable bonds is 6. The van der Waals surface area contributed by atoms with E-state index >= 15 is 0 Å². The van der Waals surface area contributed by atoms with Crippen molar-refractivity contribution >= 4 is 23.3 Å². The average molecular weight is 383 g/mol. The first-order valence-electron chi connectivity index (χ1n) is 8.28. The van der Waals surface area contributed by atoms with Gasteiger partial charge < -0.3 is 5.32 Å². The van der Waals surface area contributed by atoms with Gasteiger partial charge in [-0.1, -0.05) is 41.9 Å². The van der Waals surface area contributed by atoms with Crippen LogP contribution in [0.3, 0.4) is 0 Å². The van der Waals surface area contributed by atoms with Gasteiger partial charge in [0.1, 0.15) is 5.82 Å². The highest BCUT2D eigenvalue weighted by molar-refractivity contribution is 6.34. The monoisotopic (exact) mass is 382 g/mol. The zero-order valence-corrected chi connectivity index (χ0v) is 15.0. The number of ketones is 1. The van der Waals surface area contributed by atoms with Gasteiger partial charge in [0, 0.05) is 29.6 Å². The number of carbonyl (C=O) groups excluding carboxylic acids is 2. The highest BCUT2D eigenvalue weighted by Crippen LogP contribution is 2.19. The first-order chi connectivity index (χ1) is 13.0. The summed E-state index contributed by atoms with van der Waals surface area (Å²) < 4.78 is 13.4. The van der Waals surface area contributed by atoms with E-state index in [0.29, 0.717) is 17.8 Å². The Labute approximate surface area is 161 Å². The molecule has 1 aromatic heterocycles. The van der Waals surface area contributed by atoms with Gasteiger partial charge in [0.2, 0.25) is 0 Å². The first-order valence-corrected chi connectivity index (χ1v) is 8.66. The molecule has 0 atom stereocenters. The van der Waals surface area contributed by atoms with E-state index in [4.69, 9.17) is 11.6 Å². The quantitative estimate of drug-likeness (QED) is 0.649. The van der Waals surface area contributed by atoms with Crippen LogP contribution in [0.1, 0.15) is 32.0 Å². The molecule has 6 heteroatoms. The third-order valence-corrected chi connectivity index (χ3v) is 4.27. The summed E-state index contributed by atoms with van der Waals surface area (Å²) >= 11 is 5.97. The predicted molar refractivity (Wildman–Crippen MR) is 101 cm³/mol. The lowest BCUT2D eigenvalue weighted by Crippen LogP contribution is -2.23. The summed E-state index contributed by atoms with van der Waals surface area (Å²) in [5.41, 5.74) is 1.88. The SMILES string of the molecule is O=C(NCc1ccccc1)c1ccnc(CC(=O)c2cc(F)ccc2Cl)c1. The standard InChI is InChI=1S/C21H16ClFN2O2/c22-19-7-6-16(23)11-18(19)20(26)12-17-10-15(8-9-24-17)21(27)25-13-14-4-2-1-3-5-14/h1-11H,12-13H2,(H,25,27). The number of halogens is 2. The van der Waals surface area contributed by atoms with Crippen molar-refractivity contribution in [2.75, 3.05) is 0 Å². The van der Waals surface area contributed by atoms with Crippen LogP contribution in [0, 0.1) is 5.82 Å². The predicted octanol–water partition coefficient (Wildman–Crippen LogP) is 4.23. The Morgan fingerprint density at radius 1 is 1.04 bits per heavy atom. The highest BCUT2D eigenvalue weighted by atomic mass is 35.5. The molecule has 136 valence electrons. The number of nitrogens with zero attached hydrogens (tertiary/aromatic N) is 1. The van der Waals surface area contributed by atoms with Crippen LogP contribution >= 0.6 is 11.6 Å². The Balaban J connectivity index is 1.68. The second-order valence-electron chi connectivity index (χ2n) is 5.93. The fourth-order valence-electron chi connectivity index (χ4n) is 2.57. The summed E-state index contributed by atoms with van der Waals surface area (Å²) in [5.74, 6) is -1.17. The molecule has 0 saturated heterocycles. The second kappa shape index (κ2) is 8.56. The molecule has 3 rings (SSSR count). The van der Waals surface area contributed by atoms with E-state index in [-0.39, 0.29) is 28.7 Å². The fourth-order valence-corrected chi connectivity index (χ4v) is 2.79. The van der Waals surface area contributed by atoms with Crippen molar-refractivity contribution in [1.29, 1.82) is 0 Å². The van der Waals surface area contributed by atoms with Crippen molar-refractivity contribution in [2.45, 2.75) is 13.0 Å². The molecular formula is C21H16ClFN2O2. The van der Waals surface area contributed by atoms with Gasteiger partial charge >= 0.3 is 0 Å². The van der Waals surface area contributed by atoms with Crippen molar-refractivity contribution < 1.29 is 14.0 Å². The Morgan fingerprint density at radius 2 is 1.81 bits per heavy atom. The molecular weight excluding hydrogens is 367 g/mol. The minimum atomic E-state index is -0.537. The number of hydrogen-bond acceptors (Lipinski definition) is 3. The first kappa shape index (κ1) is 18.7. The van der Waals surface area contributed by atoms with Crippen LogP contribution in [0.2, 0.25) is 5.02 Å². The van der Waals surface area contributed by atoms with E-state index in [2.05, 4.69) is 10.3 Å². The molecule has 0 radical (unpaired) electrons. The third kappa shape index (κ3) is 4.99. The van der Waals surface area contributed by atoms with Crippen molar-refractivity contribution in [3.8, 4) is 0 Å². The smallest absolute Gasteiger partial charge is 0.251 e. The molecule has 0 bridgehead atoms. The Kier molecular flexibility index (Phi) is 5.94. The summed E-state index contributed by atoms with van der Waals surface area (Å²) in [5, 5.41) is 3.00. The van der Waals surface area contributed by atoms with E-state index in [0.717, 1.165) is 11.6 Å². The van der Waals surface area contributed by atoms with Crippen LogP contribution < -0.4 is 5.32 Å². The Morgan fingerprint density at radius 3 is 2.59 bits per heavy atom. The van der Waals surface area contributed by atoms with Crippen molar-refractivity contribution in [3.05, 3.63) is 100 Å². The molecule has 0 unspecified atom stereocenters. The number of aromatic nitrogens is 1. The van der Waals surface area contributed by atoms with Gasteiger partial charge in [-0.05, 0) is 35.9 Å². The molecule has 4 nitrogen and oxygen atoms in total. The van der Waals surface area contributed by atoms with Crippen molar-refractivity contribution in [1.82, 2.24) is 10.3 Å². The number of hydrogen-bond donors (Lipinski definition) is 1. The third-order valence-electron chi connectivity index (χ3n) is 3.95. The summed E-state index contributed by atoms with van der Waals surface area (Å²) in [6.45, 7) is 0.398. The highest BCUT2D eigenvalue weighted by Gasteiger charge is 2.14. The molecule has 0 saturated carbocycles. The zero-order valence-electron chi connectivity index (χ0n) is 14.3. The fraction of sp³-hybridized carbons (Fsp3) is 0.0952. The molecule has 0 aliphatic rings. The molecule has 1 amide bonds. The van der Waals surface area contributed by atoms with Crippen LogP contribution in [-0.2, 0) is 13.0 Å². The van der Waals surface area contributed by atoms with E-state index in [1.54, 1.807) is 12.1 Å². The largest absolute Gasteiger partial charge is 0.348 e. The van der Waals surface area contributed by atoms with Crippen LogP contribution in [0.5, 0.6) is 0 Å². The molecule has 0 fully saturated rings. The number of carbonyl (C=O) groups is 2. The zero-order chi connectivity index (χ0) is 19.2. The molecule has 1 heterocycles. The Bertz CT molecular complexity index is 977. The van der Waals surface area contributed by atoms with Crippen molar-refractivity contribution in [3.63, 3.8) is 0 Å². The molecule has 1 N–H and O–H groups in total. The maximum Gasteiger partial charge on any atom is 0.251 e. The van der Waals surface area contributed by atoms with Crippen molar-refractivity contribution in [2.24, 2.45) is 0 Å². The summed E-state index contributed by atoms with van der Waals surface area (Å²) in [4.78, 5) is 28.8. The maximum atomic E-state index is 13.4. The van der Waals surface area contributed by atoms with Gasteiger partial charge in [-0.15, -0.1) is 0 Å². The molecule has 2 aromatic carbocycles. The Hall–Kier alpha value is -3.05. The lowest BCUT2D eigenvalue weighted by molar-refractivity contribution is 0.0947. The molecule has 0 spiro atoms. The van der Waals surface area contributed by atoms with E-state index in [9.17, 15) is 14.0 Å². The number of nitrogens with one attached hydrogen (secondary N) is 1. The minimum Gasteiger partial charge on any atom is -0.348 e. The molecule has 0 aliphatic carbocycles. The van der Waals surface area contributed by atoms with Crippen LogP contribution in [0.25, 0.3) is 0 Å². The lowest BCUT2D eigenvalue weighted by Gasteiger charge is -2.07. The lowest BCUT2D eigenvalue weighted by atomic mass is 10.0. The maximum absolute atomic E-state index is 13.4. The van der Waals surface area contributed by atoms with E-state index in [1.165, 1.54) is 18.3 Å². The van der Waals surface area contributed by atoms with Crippen LogP contribution in [0.4, 0.5) is 4.39 Å². The van der Waals surface area contributed by atoms with Crippen LogP contribution in [-0.4, -0.2) is 16.7 Å². The molecule has 27 heavy (non-hydrogen) atoms. The summed E-state index contributed by atoms with van der Waals surface area (Å²) in [6, 6.07) is 16.3. The summed E-state index contributed by atoms with van der Waals surface area (Å²) in [7, 11) is 0. The van der Waals surface area contributed by atoms with Gasteiger partial charge in [-0.25, -0.2) is 4.39 Å². The molecule has 3 aromatic rings.